The molecular formula is C37H72N2O. The molecule has 0 heterocycles. The molecule has 40 heavy (non-hydrogen) atoms. The van der Waals surface area contributed by atoms with Gasteiger partial charge in [0.15, 0.2) is 0 Å². The van der Waals surface area contributed by atoms with Crippen molar-refractivity contribution in [2.24, 2.45) is 51.2 Å². The van der Waals surface area contributed by atoms with E-state index in [9.17, 15) is 4.79 Å². The number of urea groups is 1. The molecule has 0 aromatic carbocycles. The molecule has 0 aromatic heterocycles. The van der Waals surface area contributed by atoms with Crippen LogP contribution in [0.3, 0.4) is 0 Å². The first-order chi connectivity index (χ1) is 18.7. The number of hydrogen-bond acceptors (Lipinski definition) is 1. The molecule has 4 aliphatic rings. The summed E-state index contributed by atoms with van der Waals surface area (Å²) in [5.41, 5.74) is 1.36. The first kappa shape index (κ1) is 35.5. The molecule has 0 bridgehead atoms. The van der Waals surface area contributed by atoms with Crippen LogP contribution in [0.2, 0.25) is 0 Å². The quantitative estimate of drug-likeness (QED) is 0.344. The van der Waals surface area contributed by atoms with Crippen LogP contribution in [-0.4, -0.2) is 31.1 Å². The molecule has 4 fully saturated rings. The zero-order valence-corrected chi connectivity index (χ0v) is 29.5. The van der Waals surface area contributed by atoms with Crippen molar-refractivity contribution < 1.29 is 4.79 Å². The Morgan fingerprint density at radius 2 is 1.48 bits per heavy atom. The predicted octanol–water partition coefficient (Wildman–Crippen LogP) is 11.0. The van der Waals surface area contributed by atoms with E-state index < -0.39 is 0 Å². The van der Waals surface area contributed by atoms with Crippen molar-refractivity contribution >= 4 is 6.03 Å². The van der Waals surface area contributed by atoms with Gasteiger partial charge < -0.3 is 10.2 Å². The Kier molecular flexibility index (Phi) is 12.6. The van der Waals surface area contributed by atoms with Gasteiger partial charge in [0.25, 0.3) is 0 Å². The Balaban J connectivity index is 0.000000858. The summed E-state index contributed by atoms with van der Waals surface area (Å²) in [6, 6.07) is 0.208. The van der Waals surface area contributed by atoms with Gasteiger partial charge in [0, 0.05) is 20.1 Å². The van der Waals surface area contributed by atoms with E-state index in [1.807, 2.05) is 25.8 Å². The van der Waals surface area contributed by atoms with Crippen LogP contribution in [0.15, 0.2) is 0 Å². The van der Waals surface area contributed by atoms with Crippen LogP contribution >= 0.6 is 0 Å². The smallest absolute Gasteiger partial charge is 0.317 e. The number of carbonyl (C=O) groups excluding carboxylic acids is 1. The summed E-state index contributed by atoms with van der Waals surface area (Å²) in [4.78, 5) is 14.3. The van der Waals surface area contributed by atoms with Gasteiger partial charge in [0.2, 0.25) is 0 Å². The number of nitrogens with zero attached hydrogens (tertiary/aromatic N) is 1. The summed E-state index contributed by atoms with van der Waals surface area (Å²) >= 11 is 0. The average Bonchev–Trinajstić information content (AvgIpc) is 3.27. The lowest BCUT2D eigenvalue weighted by Crippen LogP contribution is -2.54. The fourth-order valence-corrected chi connectivity index (χ4v) is 10.0. The number of hydrogen-bond donors (Lipinski definition) is 1. The van der Waals surface area contributed by atoms with Crippen LogP contribution in [-0.2, 0) is 0 Å². The van der Waals surface area contributed by atoms with Crippen molar-refractivity contribution in [1.29, 1.82) is 0 Å². The molecule has 1 N–H and O–H groups in total. The number of rotatable bonds is 6. The van der Waals surface area contributed by atoms with Crippen LogP contribution in [0.4, 0.5) is 4.79 Å². The largest absolute Gasteiger partial charge is 0.341 e. The third-order valence-corrected chi connectivity index (χ3v) is 13.9. The number of fused-ring (bicyclic) bond motifs is 5. The van der Waals surface area contributed by atoms with Crippen molar-refractivity contribution in [3.63, 3.8) is 0 Å². The van der Waals surface area contributed by atoms with Gasteiger partial charge in [-0.1, -0.05) is 94.9 Å². The molecule has 4 saturated carbocycles. The lowest BCUT2D eigenvalue weighted by Gasteiger charge is -2.61. The van der Waals surface area contributed by atoms with E-state index in [2.05, 4.69) is 67.6 Å². The highest BCUT2D eigenvalue weighted by Gasteiger charge is 2.60. The normalized spacial score (nSPS) is 35.9. The number of unbranched alkanes of at least 4 members (excludes halogenated alkanes) is 1. The Hall–Kier alpha value is -0.730. The van der Waals surface area contributed by atoms with Gasteiger partial charge in [-0.2, -0.15) is 0 Å². The Morgan fingerprint density at radius 3 is 2.05 bits per heavy atom. The maximum absolute atomic E-state index is 12.4. The topological polar surface area (TPSA) is 32.3 Å². The fourth-order valence-electron chi connectivity index (χ4n) is 10.0. The van der Waals surface area contributed by atoms with Crippen molar-refractivity contribution in [1.82, 2.24) is 10.2 Å². The summed E-state index contributed by atoms with van der Waals surface area (Å²) < 4.78 is 0. The van der Waals surface area contributed by atoms with Crippen LogP contribution in [0.25, 0.3) is 0 Å². The minimum atomic E-state index is 0.0226. The molecule has 8 atom stereocenters. The van der Waals surface area contributed by atoms with E-state index in [1.165, 1.54) is 83.5 Å². The van der Waals surface area contributed by atoms with Gasteiger partial charge in [-0.15, -0.1) is 0 Å². The Morgan fingerprint density at radius 1 is 0.875 bits per heavy atom. The van der Waals surface area contributed by atoms with Crippen molar-refractivity contribution in [3.05, 3.63) is 0 Å². The molecule has 0 radical (unpaired) electrons. The first-order valence-electron chi connectivity index (χ1n) is 17.7. The zero-order valence-electron chi connectivity index (χ0n) is 29.5. The SMILES string of the molecule is CC.CCCC.CNC(=O)N(C)C(C)C(C)(C)C(C)(C)CC1CCC2C3CCC4CCCCC4(C)C3CCC12C. The Bertz CT molecular complexity index is 787. The molecule has 4 rings (SSSR count). The number of carbonyl (C=O) groups is 1. The van der Waals surface area contributed by atoms with Crippen LogP contribution in [0.1, 0.15) is 160 Å². The molecular weight excluding hydrogens is 488 g/mol. The molecule has 3 nitrogen and oxygen atoms in total. The lowest BCUT2D eigenvalue weighted by molar-refractivity contribution is -0.115. The summed E-state index contributed by atoms with van der Waals surface area (Å²) in [5, 5.41) is 2.82. The second kappa shape index (κ2) is 14.2. The predicted molar refractivity (Wildman–Crippen MR) is 176 cm³/mol. The third kappa shape index (κ3) is 6.59. The highest BCUT2D eigenvalue weighted by molar-refractivity contribution is 5.73. The van der Waals surface area contributed by atoms with E-state index in [4.69, 9.17) is 0 Å². The highest BCUT2D eigenvalue weighted by atomic mass is 16.2. The van der Waals surface area contributed by atoms with E-state index in [0.717, 1.165) is 29.6 Å². The van der Waals surface area contributed by atoms with Crippen LogP contribution in [0, 0.1) is 51.2 Å². The first-order valence-corrected chi connectivity index (χ1v) is 17.7. The van der Waals surface area contributed by atoms with Crippen molar-refractivity contribution in [3.8, 4) is 0 Å². The van der Waals surface area contributed by atoms with Crippen molar-refractivity contribution in [2.45, 2.75) is 166 Å². The molecule has 8 unspecified atom stereocenters. The van der Waals surface area contributed by atoms with Gasteiger partial charge >= 0.3 is 6.03 Å². The molecule has 0 spiro atoms. The van der Waals surface area contributed by atoms with Crippen LogP contribution in [0.5, 0.6) is 0 Å². The lowest BCUT2D eigenvalue weighted by atomic mass is 9.44. The molecule has 4 aliphatic carbocycles. The van der Waals surface area contributed by atoms with E-state index in [1.54, 1.807) is 7.05 Å². The van der Waals surface area contributed by atoms with Crippen molar-refractivity contribution in [2.75, 3.05) is 14.1 Å². The average molecular weight is 561 g/mol. The fraction of sp³-hybridized carbons (Fsp3) is 0.973. The summed E-state index contributed by atoms with van der Waals surface area (Å²) in [6.45, 7) is 25.8. The van der Waals surface area contributed by atoms with E-state index in [0.29, 0.717) is 10.8 Å². The molecule has 0 aromatic rings. The van der Waals surface area contributed by atoms with Gasteiger partial charge in [-0.3, -0.25) is 0 Å². The molecule has 3 heteroatoms. The van der Waals surface area contributed by atoms with Gasteiger partial charge in [-0.05, 0) is 116 Å². The second-order valence-electron chi connectivity index (χ2n) is 15.9. The minimum absolute atomic E-state index is 0.0226. The second-order valence-corrected chi connectivity index (χ2v) is 15.9. The van der Waals surface area contributed by atoms with Crippen LogP contribution < -0.4 is 5.32 Å². The Labute approximate surface area is 251 Å². The number of amides is 2. The maximum atomic E-state index is 12.4. The molecule has 236 valence electrons. The molecule has 2 amide bonds. The third-order valence-electron chi connectivity index (χ3n) is 13.9. The minimum Gasteiger partial charge on any atom is -0.341 e. The monoisotopic (exact) mass is 561 g/mol. The summed E-state index contributed by atoms with van der Waals surface area (Å²) in [7, 11) is 3.69. The summed E-state index contributed by atoms with van der Waals surface area (Å²) in [5.74, 6) is 4.76. The molecule has 0 aliphatic heterocycles. The van der Waals surface area contributed by atoms with Gasteiger partial charge in [0.05, 0.1) is 0 Å². The summed E-state index contributed by atoms with van der Waals surface area (Å²) in [6.07, 6.45) is 18.8. The standard InChI is InChI=1S/C31H56N2O.C4H10.C2H6/c1-21(33(9)27(34)32-8)29(4,5)28(2,3)20-23-14-16-25-24-15-13-22-12-10-11-18-30(22,6)26(24)17-19-31(23,25)7;1-3-4-2;1-2/h21-26H,10-20H2,1-9H3,(H,32,34);3-4H2,1-2H3;1-2H3. The highest BCUT2D eigenvalue weighted by Crippen LogP contribution is 2.68. The molecule has 0 saturated heterocycles. The van der Waals surface area contributed by atoms with Gasteiger partial charge in [0.1, 0.15) is 0 Å². The zero-order chi connectivity index (χ0) is 30.5. The number of nitrogens with one attached hydrogen (secondary N) is 1. The maximum Gasteiger partial charge on any atom is 0.317 e. The van der Waals surface area contributed by atoms with E-state index >= 15 is 0 Å². The van der Waals surface area contributed by atoms with Gasteiger partial charge in [-0.25, -0.2) is 4.79 Å². The van der Waals surface area contributed by atoms with E-state index in [-0.39, 0.29) is 22.9 Å².